The van der Waals surface area contributed by atoms with Crippen molar-refractivity contribution in [1.29, 1.82) is 0 Å². The maximum absolute atomic E-state index is 12.2. The lowest BCUT2D eigenvalue weighted by atomic mass is 10.1. The molecule has 1 heterocycles. The molecule has 0 saturated heterocycles. The predicted octanol–water partition coefficient (Wildman–Crippen LogP) is 2.72. The van der Waals surface area contributed by atoms with Crippen molar-refractivity contribution in [3.63, 3.8) is 0 Å². The minimum atomic E-state index is -0.142. The van der Waals surface area contributed by atoms with E-state index in [1.54, 1.807) is 12.1 Å². The van der Waals surface area contributed by atoms with Crippen LogP contribution in [-0.2, 0) is 4.74 Å². The van der Waals surface area contributed by atoms with Gasteiger partial charge in [0.2, 0.25) is 5.90 Å². The molecule has 2 aromatic rings. The predicted molar refractivity (Wildman–Crippen MR) is 78.2 cm³/mol. The number of nitrogens with zero attached hydrogens (tertiary/aromatic N) is 1. The van der Waals surface area contributed by atoms with Gasteiger partial charge in [0.05, 0.1) is 17.8 Å². The van der Waals surface area contributed by atoms with Crippen LogP contribution in [0.3, 0.4) is 0 Å². The summed E-state index contributed by atoms with van der Waals surface area (Å²) < 4.78 is 5.47. The third-order valence-corrected chi connectivity index (χ3v) is 3.03. The lowest BCUT2D eigenvalue weighted by molar-refractivity contribution is 0.102. The molecule has 20 heavy (non-hydrogen) atoms. The van der Waals surface area contributed by atoms with E-state index >= 15 is 0 Å². The van der Waals surface area contributed by atoms with Crippen molar-refractivity contribution >= 4 is 17.5 Å². The van der Waals surface area contributed by atoms with Crippen molar-refractivity contribution in [3.05, 3.63) is 65.7 Å². The lowest BCUT2D eigenvalue weighted by Crippen LogP contribution is -2.15. The number of carbonyl (C=O) groups excluding carboxylic acids is 1. The first-order valence-corrected chi connectivity index (χ1v) is 6.47. The maximum Gasteiger partial charge on any atom is 0.255 e. The van der Waals surface area contributed by atoms with E-state index in [9.17, 15) is 4.79 Å². The molecule has 4 nitrogen and oxygen atoms in total. The second-order valence-corrected chi connectivity index (χ2v) is 4.40. The largest absolute Gasteiger partial charge is 0.475 e. The van der Waals surface area contributed by atoms with Crippen LogP contribution in [0.1, 0.15) is 15.9 Å². The Morgan fingerprint density at radius 2 is 1.80 bits per heavy atom. The Kier molecular flexibility index (Phi) is 3.46. The van der Waals surface area contributed by atoms with E-state index in [-0.39, 0.29) is 5.91 Å². The van der Waals surface area contributed by atoms with Gasteiger partial charge >= 0.3 is 0 Å². The van der Waals surface area contributed by atoms with Crippen LogP contribution < -0.4 is 5.32 Å². The van der Waals surface area contributed by atoms with E-state index in [0.717, 1.165) is 5.56 Å². The summed E-state index contributed by atoms with van der Waals surface area (Å²) in [6, 6.07) is 16.6. The Labute approximate surface area is 117 Å². The van der Waals surface area contributed by atoms with Crippen LogP contribution in [0.2, 0.25) is 0 Å². The van der Waals surface area contributed by atoms with Gasteiger partial charge in [-0.2, -0.15) is 0 Å². The van der Waals surface area contributed by atoms with Gasteiger partial charge in [-0.05, 0) is 24.3 Å². The van der Waals surface area contributed by atoms with E-state index in [0.29, 0.717) is 30.3 Å². The fourth-order valence-electron chi connectivity index (χ4n) is 2.06. The lowest BCUT2D eigenvalue weighted by Gasteiger charge is -2.10. The van der Waals surface area contributed by atoms with Gasteiger partial charge in [-0.15, -0.1) is 0 Å². The van der Waals surface area contributed by atoms with Crippen molar-refractivity contribution in [1.82, 2.24) is 0 Å². The molecule has 0 unspecified atom stereocenters. The molecule has 4 heteroatoms. The summed E-state index contributed by atoms with van der Waals surface area (Å²) in [6.07, 6.45) is 0. The molecule has 0 radical (unpaired) electrons. The zero-order valence-electron chi connectivity index (χ0n) is 10.9. The number of aliphatic imine (C=N–C) groups is 1. The second kappa shape index (κ2) is 5.57. The molecule has 0 fully saturated rings. The van der Waals surface area contributed by atoms with Gasteiger partial charge in [0.1, 0.15) is 6.61 Å². The molecule has 1 aliphatic rings. The first kappa shape index (κ1) is 12.4. The molecule has 1 amide bonds. The van der Waals surface area contributed by atoms with Gasteiger partial charge in [-0.25, -0.2) is 4.99 Å². The quantitative estimate of drug-likeness (QED) is 0.928. The first-order chi connectivity index (χ1) is 9.84. The Morgan fingerprint density at radius 1 is 1.05 bits per heavy atom. The third kappa shape index (κ3) is 2.54. The number of nitrogens with one attached hydrogen (secondary N) is 1. The molecular weight excluding hydrogens is 252 g/mol. The number of hydrogen-bond donors (Lipinski definition) is 1. The molecule has 0 spiro atoms. The third-order valence-electron chi connectivity index (χ3n) is 3.03. The molecule has 0 aromatic heterocycles. The van der Waals surface area contributed by atoms with Gasteiger partial charge in [-0.3, -0.25) is 4.79 Å². The summed E-state index contributed by atoms with van der Waals surface area (Å²) >= 11 is 0. The number of benzene rings is 2. The standard InChI is InChI=1S/C16H14N2O2/c19-15(12-6-2-1-3-7-12)18-14-9-5-4-8-13(14)16-17-10-11-20-16/h1-9H,10-11H2,(H,18,19). The second-order valence-electron chi connectivity index (χ2n) is 4.40. The highest BCUT2D eigenvalue weighted by Crippen LogP contribution is 2.19. The SMILES string of the molecule is O=C(Nc1ccccc1C1=NCCO1)c1ccccc1. The van der Waals surface area contributed by atoms with Crippen LogP contribution >= 0.6 is 0 Å². The molecule has 0 atom stereocenters. The van der Waals surface area contributed by atoms with E-state index < -0.39 is 0 Å². The van der Waals surface area contributed by atoms with Gasteiger partial charge < -0.3 is 10.1 Å². The van der Waals surface area contributed by atoms with Gasteiger partial charge in [0.15, 0.2) is 0 Å². The average molecular weight is 266 g/mol. The van der Waals surface area contributed by atoms with Gasteiger partial charge in [0, 0.05) is 5.56 Å². The smallest absolute Gasteiger partial charge is 0.255 e. The Balaban J connectivity index is 1.86. The van der Waals surface area contributed by atoms with Crippen LogP contribution in [0.4, 0.5) is 5.69 Å². The highest BCUT2D eigenvalue weighted by Gasteiger charge is 2.16. The van der Waals surface area contributed by atoms with Crippen LogP contribution in [0, 0.1) is 0 Å². The number of ether oxygens (including phenoxy) is 1. The van der Waals surface area contributed by atoms with Crippen LogP contribution in [-0.4, -0.2) is 25.0 Å². The minimum Gasteiger partial charge on any atom is -0.475 e. The maximum atomic E-state index is 12.2. The molecule has 1 aliphatic heterocycles. The van der Waals surface area contributed by atoms with Crippen LogP contribution in [0.25, 0.3) is 0 Å². The van der Waals surface area contributed by atoms with Crippen molar-refractivity contribution in [2.75, 3.05) is 18.5 Å². The van der Waals surface area contributed by atoms with Crippen molar-refractivity contribution in [2.45, 2.75) is 0 Å². The van der Waals surface area contributed by atoms with Gasteiger partial charge in [0.25, 0.3) is 5.91 Å². The molecule has 0 aliphatic carbocycles. The fraction of sp³-hybridized carbons (Fsp3) is 0.125. The summed E-state index contributed by atoms with van der Waals surface area (Å²) in [5.74, 6) is 0.450. The number of hydrogen-bond acceptors (Lipinski definition) is 3. The Bertz CT molecular complexity index is 651. The molecule has 0 saturated carbocycles. The van der Waals surface area contributed by atoms with Gasteiger partial charge in [-0.1, -0.05) is 30.3 Å². The number of para-hydroxylation sites is 1. The summed E-state index contributed by atoms with van der Waals surface area (Å²) in [5.41, 5.74) is 2.15. The van der Waals surface area contributed by atoms with Crippen molar-refractivity contribution in [2.24, 2.45) is 4.99 Å². The number of amides is 1. The van der Waals surface area contributed by atoms with E-state index in [4.69, 9.17) is 4.74 Å². The summed E-state index contributed by atoms with van der Waals surface area (Å²) in [5, 5.41) is 2.90. The van der Waals surface area contributed by atoms with Crippen molar-refractivity contribution in [3.8, 4) is 0 Å². The molecule has 1 N–H and O–H groups in total. The average Bonchev–Trinajstić information content (AvgIpc) is 3.03. The monoisotopic (exact) mass is 266 g/mol. The van der Waals surface area contributed by atoms with E-state index in [1.807, 2.05) is 42.5 Å². The topological polar surface area (TPSA) is 50.7 Å². The Morgan fingerprint density at radius 3 is 2.55 bits per heavy atom. The highest BCUT2D eigenvalue weighted by molar-refractivity contribution is 6.09. The molecule has 3 rings (SSSR count). The van der Waals surface area contributed by atoms with Crippen LogP contribution in [0.15, 0.2) is 59.6 Å². The molecular formula is C16H14N2O2. The number of carbonyl (C=O) groups is 1. The summed E-state index contributed by atoms with van der Waals surface area (Å²) in [7, 11) is 0. The minimum absolute atomic E-state index is 0.142. The van der Waals surface area contributed by atoms with Crippen LogP contribution in [0.5, 0.6) is 0 Å². The normalized spacial score (nSPS) is 13.5. The number of anilines is 1. The van der Waals surface area contributed by atoms with E-state index in [2.05, 4.69) is 10.3 Å². The molecule has 2 aromatic carbocycles. The zero-order chi connectivity index (χ0) is 13.8. The van der Waals surface area contributed by atoms with Crippen molar-refractivity contribution < 1.29 is 9.53 Å². The number of rotatable bonds is 3. The zero-order valence-corrected chi connectivity index (χ0v) is 10.9. The highest BCUT2D eigenvalue weighted by atomic mass is 16.5. The fourth-order valence-corrected chi connectivity index (χ4v) is 2.06. The summed E-state index contributed by atoms with van der Waals surface area (Å²) in [4.78, 5) is 16.5. The molecule has 100 valence electrons. The Hall–Kier alpha value is -2.62. The molecule has 0 bridgehead atoms. The van der Waals surface area contributed by atoms with E-state index in [1.165, 1.54) is 0 Å². The first-order valence-electron chi connectivity index (χ1n) is 6.47. The summed E-state index contributed by atoms with van der Waals surface area (Å²) in [6.45, 7) is 1.26.